The van der Waals surface area contributed by atoms with Crippen LogP contribution in [0.25, 0.3) is 0 Å². The van der Waals surface area contributed by atoms with Gasteiger partial charge in [-0.15, -0.1) is 0 Å². The molecule has 0 atom stereocenters. The van der Waals surface area contributed by atoms with Crippen molar-refractivity contribution in [3.63, 3.8) is 0 Å². The zero-order valence-electron chi connectivity index (χ0n) is 13.9. The Morgan fingerprint density at radius 2 is 1.96 bits per heavy atom. The number of amides is 1. The Hall–Kier alpha value is -2.29. The summed E-state index contributed by atoms with van der Waals surface area (Å²) in [5, 5.41) is 2.54. The molecule has 0 saturated carbocycles. The van der Waals surface area contributed by atoms with Crippen LogP contribution in [0.3, 0.4) is 0 Å². The number of benzene rings is 2. The summed E-state index contributed by atoms with van der Waals surface area (Å²) in [6, 6.07) is 9.92. The van der Waals surface area contributed by atoms with Crippen LogP contribution in [-0.4, -0.2) is 34.6 Å². The number of rotatable bonds is 7. The van der Waals surface area contributed by atoms with Crippen molar-refractivity contribution < 1.29 is 22.3 Å². The van der Waals surface area contributed by atoms with E-state index in [1.54, 1.807) is 19.1 Å². The van der Waals surface area contributed by atoms with Crippen LogP contribution in [0.5, 0.6) is 0 Å². The number of hydrogen-bond acceptors (Lipinski definition) is 4. The van der Waals surface area contributed by atoms with Gasteiger partial charge in [0.15, 0.2) is 0 Å². The number of anilines is 1. The van der Waals surface area contributed by atoms with Crippen LogP contribution in [0.2, 0.25) is 0 Å². The first-order valence-corrected chi connectivity index (χ1v) is 8.98. The fourth-order valence-electron chi connectivity index (χ4n) is 2.04. The molecule has 0 heterocycles. The molecule has 2 aromatic carbocycles. The second-order valence-electron chi connectivity index (χ2n) is 5.34. The van der Waals surface area contributed by atoms with Crippen LogP contribution < -0.4 is 10.0 Å². The molecule has 0 radical (unpaired) electrons. The second kappa shape index (κ2) is 8.19. The van der Waals surface area contributed by atoms with Gasteiger partial charge in [-0.05, 0) is 42.8 Å². The lowest BCUT2D eigenvalue weighted by Gasteiger charge is -2.09. The molecule has 0 aliphatic carbocycles. The first-order chi connectivity index (χ1) is 11.8. The minimum Gasteiger partial charge on any atom is -0.383 e. The Bertz CT molecular complexity index is 869. The maximum Gasteiger partial charge on any atom is 0.255 e. The maximum atomic E-state index is 13.6. The van der Waals surface area contributed by atoms with Gasteiger partial charge in [-0.3, -0.25) is 4.79 Å². The molecule has 0 saturated heterocycles. The standard InChI is InChI=1S/C17H19FN2O4S/c1-12-6-7-14(11-16(12)18)20-17(21)13-4-3-5-15(10-13)25(22,23)19-8-9-24-2/h3-7,10-11,19H,8-9H2,1-2H3,(H,20,21). The minimum atomic E-state index is -3.74. The SMILES string of the molecule is COCCNS(=O)(=O)c1cccc(C(=O)Nc2ccc(C)c(F)c2)c1. The normalized spacial score (nSPS) is 11.3. The fourth-order valence-corrected chi connectivity index (χ4v) is 3.10. The van der Waals surface area contributed by atoms with Gasteiger partial charge in [-0.25, -0.2) is 17.5 Å². The molecule has 0 aliphatic heterocycles. The average Bonchev–Trinajstić information content (AvgIpc) is 2.58. The molecule has 25 heavy (non-hydrogen) atoms. The number of ether oxygens (including phenoxy) is 1. The molecule has 2 rings (SSSR count). The van der Waals surface area contributed by atoms with E-state index in [4.69, 9.17) is 4.74 Å². The van der Waals surface area contributed by atoms with Gasteiger partial charge in [0.05, 0.1) is 11.5 Å². The van der Waals surface area contributed by atoms with Crippen LogP contribution in [-0.2, 0) is 14.8 Å². The first kappa shape index (κ1) is 19.0. The number of aryl methyl sites for hydroxylation is 1. The molecular formula is C17H19FN2O4S. The Morgan fingerprint density at radius 3 is 2.64 bits per heavy atom. The van der Waals surface area contributed by atoms with Crippen molar-refractivity contribution in [3.8, 4) is 0 Å². The highest BCUT2D eigenvalue weighted by atomic mass is 32.2. The van der Waals surface area contributed by atoms with Crippen LogP contribution in [0.1, 0.15) is 15.9 Å². The van der Waals surface area contributed by atoms with Gasteiger partial charge >= 0.3 is 0 Å². The summed E-state index contributed by atoms with van der Waals surface area (Å²) in [7, 11) is -2.28. The highest BCUT2D eigenvalue weighted by Crippen LogP contribution is 2.16. The molecule has 6 nitrogen and oxygen atoms in total. The van der Waals surface area contributed by atoms with Gasteiger partial charge in [0.2, 0.25) is 10.0 Å². The third-order valence-corrected chi connectivity index (χ3v) is 4.89. The lowest BCUT2D eigenvalue weighted by molar-refractivity contribution is 0.102. The molecule has 134 valence electrons. The van der Waals surface area contributed by atoms with Crippen LogP contribution in [0, 0.1) is 12.7 Å². The van der Waals surface area contributed by atoms with E-state index in [1.165, 1.54) is 37.4 Å². The maximum absolute atomic E-state index is 13.6. The third kappa shape index (κ3) is 5.09. The topological polar surface area (TPSA) is 84.5 Å². The number of methoxy groups -OCH3 is 1. The zero-order valence-corrected chi connectivity index (χ0v) is 14.7. The summed E-state index contributed by atoms with van der Waals surface area (Å²) in [5.41, 5.74) is 0.906. The van der Waals surface area contributed by atoms with E-state index in [0.29, 0.717) is 11.3 Å². The summed E-state index contributed by atoms with van der Waals surface area (Å²) >= 11 is 0. The lowest BCUT2D eigenvalue weighted by atomic mass is 10.2. The molecule has 2 aromatic rings. The van der Waals surface area contributed by atoms with Gasteiger partial charge in [0.25, 0.3) is 5.91 Å². The van der Waals surface area contributed by atoms with Gasteiger partial charge in [0.1, 0.15) is 5.82 Å². The average molecular weight is 366 g/mol. The van der Waals surface area contributed by atoms with Gasteiger partial charge in [-0.2, -0.15) is 0 Å². The largest absolute Gasteiger partial charge is 0.383 e. The van der Waals surface area contributed by atoms with Gasteiger partial charge in [0, 0.05) is 24.9 Å². The van der Waals surface area contributed by atoms with Crippen molar-refractivity contribution in [3.05, 3.63) is 59.4 Å². The van der Waals surface area contributed by atoms with E-state index < -0.39 is 21.7 Å². The molecule has 0 aromatic heterocycles. The van der Waals surface area contributed by atoms with Crippen LogP contribution in [0.4, 0.5) is 10.1 Å². The van der Waals surface area contributed by atoms with Crippen LogP contribution in [0.15, 0.2) is 47.4 Å². The Morgan fingerprint density at radius 1 is 1.20 bits per heavy atom. The highest BCUT2D eigenvalue weighted by molar-refractivity contribution is 7.89. The number of carbonyl (C=O) groups excluding carboxylic acids is 1. The van der Waals surface area contributed by atoms with E-state index in [-0.39, 0.29) is 23.6 Å². The van der Waals surface area contributed by atoms with Crippen LogP contribution >= 0.6 is 0 Å². The smallest absolute Gasteiger partial charge is 0.255 e. The number of carbonyl (C=O) groups is 1. The van der Waals surface area contributed by atoms with E-state index >= 15 is 0 Å². The quantitative estimate of drug-likeness (QED) is 0.737. The zero-order chi connectivity index (χ0) is 18.4. The molecular weight excluding hydrogens is 347 g/mol. The predicted octanol–water partition coefficient (Wildman–Crippen LogP) is 2.31. The van der Waals surface area contributed by atoms with Crippen molar-refractivity contribution in [1.82, 2.24) is 4.72 Å². The first-order valence-electron chi connectivity index (χ1n) is 7.49. The molecule has 0 aliphatic rings. The van der Waals surface area contributed by atoms with Crippen molar-refractivity contribution >= 4 is 21.6 Å². The fraction of sp³-hybridized carbons (Fsp3) is 0.235. The van der Waals surface area contributed by atoms with E-state index in [1.807, 2.05) is 0 Å². The lowest BCUT2D eigenvalue weighted by Crippen LogP contribution is -2.27. The summed E-state index contributed by atoms with van der Waals surface area (Å²) in [6.07, 6.45) is 0. The molecule has 0 spiro atoms. The van der Waals surface area contributed by atoms with Crippen molar-refractivity contribution in [2.75, 3.05) is 25.6 Å². The van der Waals surface area contributed by atoms with E-state index in [0.717, 1.165) is 0 Å². The van der Waals surface area contributed by atoms with Gasteiger partial charge < -0.3 is 10.1 Å². The molecule has 8 heteroatoms. The van der Waals surface area contributed by atoms with Gasteiger partial charge in [-0.1, -0.05) is 12.1 Å². The number of nitrogens with one attached hydrogen (secondary N) is 2. The van der Waals surface area contributed by atoms with Crippen molar-refractivity contribution in [1.29, 1.82) is 0 Å². The Balaban J connectivity index is 2.17. The second-order valence-corrected chi connectivity index (χ2v) is 7.10. The molecule has 1 amide bonds. The summed E-state index contributed by atoms with van der Waals surface area (Å²) < 4.78 is 45.1. The minimum absolute atomic E-state index is 0.0358. The summed E-state index contributed by atoms with van der Waals surface area (Å²) in [6.45, 7) is 1.97. The predicted molar refractivity (Wildman–Crippen MR) is 92.6 cm³/mol. The number of sulfonamides is 1. The van der Waals surface area contributed by atoms with Crippen molar-refractivity contribution in [2.24, 2.45) is 0 Å². The monoisotopic (exact) mass is 366 g/mol. The number of hydrogen-bond donors (Lipinski definition) is 2. The van der Waals surface area contributed by atoms with Crippen molar-refractivity contribution in [2.45, 2.75) is 11.8 Å². The highest BCUT2D eigenvalue weighted by Gasteiger charge is 2.16. The Labute approximate surface area is 146 Å². The molecule has 0 fully saturated rings. The van der Waals surface area contributed by atoms with E-state index in [2.05, 4.69) is 10.0 Å². The Kier molecular flexibility index (Phi) is 6.24. The summed E-state index contributed by atoms with van der Waals surface area (Å²) in [5.74, 6) is -0.964. The van der Waals surface area contributed by atoms with E-state index in [9.17, 15) is 17.6 Å². The molecule has 0 unspecified atom stereocenters. The number of halogens is 1. The third-order valence-electron chi connectivity index (χ3n) is 3.43. The summed E-state index contributed by atoms with van der Waals surface area (Å²) in [4.78, 5) is 12.2. The molecule has 0 bridgehead atoms. The molecule has 2 N–H and O–H groups in total.